The lowest BCUT2D eigenvalue weighted by Gasteiger charge is -2.46. The highest BCUT2D eigenvalue weighted by molar-refractivity contribution is 5.89. The minimum absolute atomic E-state index is 0.0567. The highest BCUT2D eigenvalue weighted by Crippen LogP contribution is 2.75. The fourth-order valence-electron chi connectivity index (χ4n) is 5.21. The number of hydrazine groups is 1. The number of hydrogen-bond acceptors (Lipinski definition) is 3. The maximum Gasteiger partial charge on any atom is 0.240 e. The minimum Gasteiger partial charge on any atom is -0.368 e. The van der Waals surface area contributed by atoms with Crippen LogP contribution in [-0.4, -0.2) is 28.9 Å². The van der Waals surface area contributed by atoms with Crippen LogP contribution in [0.4, 0.5) is 0 Å². The molecule has 3 aliphatic rings. The second-order valence-corrected chi connectivity index (χ2v) is 8.69. The monoisotopic (exact) mass is 293 g/mol. The smallest absolute Gasteiger partial charge is 0.240 e. The van der Waals surface area contributed by atoms with Crippen molar-refractivity contribution in [2.75, 3.05) is 6.54 Å². The molecule has 2 saturated carbocycles. The van der Waals surface area contributed by atoms with Gasteiger partial charge in [-0.2, -0.15) is 0 Å². The Morgan fingerprint density at radius 2 is 1.90 bits per heavy atom. The fraction of sp³-hybridized carbons (Fsp3) is 0.875. The van der Waals surface area contributed by atoms with Gasteiger partial charge in [-0.25, -0.2) is 5.01 Å². The molecule has 0 unspecified atom stereocenters. The van der Waals surface area contributed by atoms with Gasteiger partial charge in [0.05, 0.1) is 0 Å². The third kappa shape index (κ3) is 1.46. The van der Waals surface area contributed by atoms with Gasteiger partial charge in [-0.3, -0.25) is 15.0 Å². The first-order chi connectivity index (χ1) is 9.49. The molecule has 5 nitrogen and oxygen atoms in total. The van der Waals surface area contributed by atoms with Gasteiger partial charge in [0.15, 0.2) is 0 Å². The Hall–Kier alpha value is -1.10. The quantitative estimate of drug-likeness (QED) is 0.808. The van der Waals surface area contributed by atoms with Crippen molar-refractivity contribution in [1.82, 2.24) is 10.4 Å². The first kappa shape index (κ1) is 14.8. The molecule has 0 aromatic heterocycles. The lowest BCUT2D eigenvalue weighted by Crippen LogP contribution is -2.66. The molecule has 21 heavy (non-hydrogen) atoms. The molecule has 1 saturated heterocycles. The van der Waals surface area contributed by atoms with Gasteiger partial charge in [0.25, 0.3) is 0 Å². The van der Waals surface area contributed by atoms with Gasteiger partial charge in [-0.15, -0.1) is 0 Å². The van der Waals surface area contributed by atoms with Gasteiger partial charge >= 0.3 is 0 Å². The van der Waals surface area contributed by atoms with Crippen molar-refractivity contribution in [2.24, 2.45) is 27.9 Å². The maximum atomic E-state index is 12.4. The summed E-state index contributed by atoms with van der Waals surface area (Å²) in [6.45, 7) is 10.8. The molecule has 3 N–H and O–H groups in total. The average Bonchev–Trinajstić information content (AvgIpc) is 2.78. The maximum absolute atomic E-state index is 12.4. The summed E-state index contributed by atoms with van der Waals surface area (Å²) in [5, 5.41) is 1.87. The molecule has 4 bridgehead atoms. The van der Waals surface area contributed by atoms with Crippen LogP contribution in [0.2, 0.25) is 0 Å². The van der Waals surface area contributed by atoms with Crippen LogP contribution in [0.15, 0.2) is 0 Å². The third-order valence-corrected chi connectivity index (χ3v) is 6.88. The van der Waals surface area contributed by atoms with E-state index in [0.717, 1.165) is 19.4 Å². The fourth-order valence-corrected chi connectivity index (χ4v) is 5.21. The van der Waals surface area contributed by atoms with Gasteiger partial charge in [0.1, 0.15) is 5.54 Å². The summed E-state index contributed by atoms with van der Waals surface area (Å²) in [6.07, 6.45) is 2.96. The second-order valence-electron chi connectivity index (χ2n) is 8.69. The van der Waals surface area contributed by atoms with E-state index in [4.69, 9.17) is 5.73 Å². The van der Waals surface area contributed by atoms with Crippen LogP contribution >= 0.6 is 0 Å². The molecular weight excluding hydrogens is 266 g/mol. The molecular formula is C16H27N3O2. The molecule has 1 aliphatic heterocycles. The highest BCUT2D eigenvalue weighted by atomic mass is 16.2. The zero-order chi connectivity index (χ0) is 15.8. The average molecular weight is 293 g/mol. The minimum atomic E-state index is -0.717. The molecule has 1 heterocycles. The molecule has 118 valence electrons. The number of primary amides is 1. The van der Waals surface area contributed by atoms with Crippen molar-refractivity contribution in [3.63, 3.8) is 0 Å². The normalized spacial score (nSPS) is 45.1. The van der Waals surface area contributed by atoms with Crippen molar-refractivity contribution in [3.05, 3.63) is 0 Å². The number of nitrogens with two attached hydrogens (primary N) is 1. The Balaban J connectivity index is 1.99. The standard InChI is InChI=1S/C16H27N3O2/c1-13(2,3)12(21)18-19-9-14(4)10-6-7-15(14,5)16(19,8-10)11(17)20/h10H,6-9H2,1-5H3,(H2,17,20)(H,18,21)/t10-,14+,15+,16+/m1/s1. The molecule has 3 fully saturated rings. The molecule has 2 aliphatic carbocycles. The van der Waals surface area contributed by atoms with E-state index in [0.29, 0.717) is 5.92 Å². The van der Waals surface area contributed by atoms with E-state index < -0.39 is 11.0 Å². The number of rotatable bonds is 2. The van der Waals surface area contributed by atoms with Crippen LogP contribution in [0.3, 0.4) is 0 Å². The zero-order valence-corrected chi connectivity index (χ0v) is 13.7. The molecule has 0 aromatic rings. The summed E-state index contributed by atoms with van der Waals surface area (Å²) in [5.41, 5.74) is 7.57. The van der Waals surface area contributed by atoms with Gasteiger partial charge < -0.3 is 5.73 Å². The first-order valence-corrected chi connectivity index (χ1v) is 7.88. The molecule has 0 spiro atoms. The lowest BCUT2D eigenvalue weighted by molar-refractivity contribution is -0.147. The number of carbonyl (C=O) groups is 2. The summed E-state index contributed by atoms with van der Waals surface area (Å²) in [4.78, 5) is 24.8. The Morgan fingerprint density at radius 3 is 2.38 bits per heavy atom. The molecule has 4 atom stereocenters. The number of piperidine rings is 1. The van der Waals surface area contributed by atoms with Crippen molar-refractivity contribution in [2.45, 2.75) is 59.4 Å². The van der Waals surface area contributed by atoms with Crippen LogP contribution < -0.4 is 11.2 Å². The largest absolute Gasteiger partial charge is 0.368 e. The van der Waals surface area contributed by atoms with Gasteiger partial charge in [0.2, 0.25) is 11.8 Å². The number of nitrogens with zero attached hydrogens (tertiary/aromatic N) is 1. The van der Waals surface area contributed by atoms with Crippen molar-refractivity contribution in [1.29, 1.82) is 0 Å². The Kier molecular flexibility index (Phi) is 2.68. The molecule has 5 heteroatoms. The van der Waals surface area contributed by atoms with Crippen LogP contribution in [0.1, 0.15) is 53.9 Å². The third-order valence-electron chi connectivity index (χ3n) is 6.88. The van der Waals surface area contributed by atoms with Gasteiger partial charge in [-0.1, -0.05) is 34.6 Å². The number of nitrogens with one attached hydrogen (secondary N) is 1. The van der Waals surface area contributed by atoms with E-state index in [9.17, 15) is 9.59 Å². The Bertz CT molecular complexity index is 526. The van der Waals surface area contributed by atoms with Crippen LogP contribution in [0.25, 0.3) is 0 Å². The second kappa shape index (κ2) is 3.80. The van der Waals surface area contributed by atoms with E-state index >= 15 is 0 Å². The SMILES string of the molecule is CC(C)(C)C(=O)NN1C[C@@]2(C)[C@@H]3CC[C@]2(C)[C@@]1(C(N)=O)C3. The molecule has 0 radical (unpaired) electrons. The lowest BCUT2D eigenvalue weighted by atomic mass is 9.65. The molecule has 0 aromatic carbocycles. The van der Waals surface area contributed by atoms with E-state index in [2.05, 4.69) is 19.3 Å². The molecule has 3 rings (SSSR count). The zero-order valence-electron chi connectivity index (χ0n) is 13.7. The number of carbonyl (C=O) groups excluding carboxylic acids is 2. The van der Waals surface area contributed by atoms with Crippen LogP contribution in [0.5, 0.6) is 0 Å². The predicted octanol–water partition coefficient (Wildman–Crippen LogP) is 1.43. The summed E-state index contributed by atoms with van der Waals surface area (Å²) in [5.74, 6) is 0.196. The topological polar surface area (TPSA) is 75.4 Å². The van der Waals surface area contributed by atoms with E-state index in [1.165, 1.54) is 6.42 Å². The van der Waals surface area contributed by atoms with Crippen LogP contribution in [0, 0.1) is 22.2 Å². The summed E-state index contributed by atoms with van der Waals surface area (Å²) < 4.78 is 0. The summed E-state index contributed by atoms with van der Waals surface area (Å²) in [6, 6.07) is 0. The first-order valence-electron chi connectivity index (χ1n) is 7.88. The van der Waals surface area contributed by atoms with E-state index in [-0.39, 0.29) is 22.6 Å². The Morgan fingerprint density at radius 1 is 1.29 bits per heavy atom. The van der Waals surface area contributed by atoms with Gasteiger partial charge in [0, 0.05) is 17.4 Å². The number of hydrogen-bond donors (Lipinski definition) is 2. The van der Waals surface area contributed by atoms with Crippen molar-refractivity contribution < 1.29 is 9.59 Å². The van der Waals surface area contributed by atoms with Gasteiger partial charge in [-0.05, 0) is 30.6 Å². The van der Waals surface area contributed by atoms with E-state index in [1.54, 1.807) is 0 Å². The summed E-state index contributed by atoms with van der Waals surface area (Å²) >= 11 is 0. The highest BCUT2D eigenvalue weighted by Gasteiger charge is 2.80. The van der Waals surface area contributed by atoms with Crippen LogP contribution in [-0.2, 0) is 9.59 Å². The summed E-state index contributed by atoms with van der Waals surface area (Å²) in [7, 11) is 0. The number of amides is 2. The Labute approximate surface area is 126 Å². The van der Waals surface area contributed by atoms with Crippen molar-refractivity contribution in [3.8, 4) is 0 Å². The van der Waals surface area contributed by atoms with E-state index in [1.807, 2.05) is 25.8 Å². The molecule has 2 amide bonds. The van der Waals surface area contributed by atoms with Crippen molar-refractivity contribution >= 4 is 11.8 Å². The predicted molar refractivity (Wildman–Crippen MR) is 79.8 cm³/mol.